The third-order valence-electron chi connectivity index (χ3n) is 4.61. The summed E-state index contributed by atoms with van der Waals surface area (Å²) in [6.07, 6.45) is 8.26. The van der Waals surface area contributed by atoms with Crippen LogP contribution in [0.4, 0.5) is 5.95 Å². The van der Waals surface area contributed by atoms with E-state index in [2.05, 4.69) is 15.0 Å². The maximum absolute atomic E-state index is 13.2. The highest BCUT2D eigenvalue weighted by molar-refractivity contribution is 7.09. The number of nitrogens with zero attached hydrogens (tertiary/aromatic N) is 4. The van der Waals surface area contributed by atoms with Crippen LogP contribution in [0.5, 0.6) is 0 Å². The van der Waals surface area contributed by atoms with Crippen molar-refractivity contribution < 1.29 is 4.79 Å². The van der Waals surface area contributed by atoms with Crippen molar-refractivity contribution in [3.8, 4) is 11.1 Å². The van der Waals surface area contributed by atoms with Crippen molar-refractivity contribution in [2.45, 2.75) is 25.3 Å². The summed E-state index contributed by atoms with van der Waals surface area (Å²) >= 11 is 1.61. The van der Waals surface area contributed by atoms with Gasteiger partial charge < -0.3 is 10.6 Å². The molecule has 0 saturated carbocycles. The number of benzene rings is 1. The lowest BCUT2D eigenvalue weighted by Gasteiger charge is -2.34. The first-order valence-electron chi connectivity index (χ1n) is 8.61. The van der Waals surface area contributed by atoms with E-state index in [4.69, 9.17) is 5.73 Å². The smallest absolute Gasteiger partial charge is 0.254 e. The molecule has 0 spiro atoms. The number of anilines is 1. The first-order chi connectivity index (χ1) is 12.7. The van der Waals surface area contributed by atoms with E-state index < -0.39 is 0 Å². The zero-order chi connectivity index (χ0) is 17.9. The summed E-state index contributed by atoms with van der Waals surface area (Å²) in [5.41, 5.74) is 7.96. The van der Waals surface area contributed by atoms with Crippen LogP contribution < -0.4 is 5.73 Å². The fourth-order valence-corrected chi connectivity index (χ4v) is 4.10. The molecule has 132 valence electrons. The van der Waals surface area contributed by atoms with Crippen molar-refractivity contribution in [3.63, 3.8) is 0 Å². The standard InChI is InChI=1S/C19H19N5OS/c20-19-22-11-15(12-23-19)13-4-3-5-14(10-13)18(25)24-8-2-1-6-16(24)17-21-7-9-26-17/h3-5,7,9-12,16H,1-2,6,8H2,(H2,20,22,23)/t16-/m0/s1. The maximum Gasteiger partial charge on any atom is 0.254 e. The molecule has 1 atom stereocenters. The number of piperidine rings is 1. The molecule has 4 rings (SSSR count). The van der Waals surface area contributed by atoms with Gasteiger partial charge in [0.25, 0.3) is 5.91 Å². The molecule has 6 nitrogen and oxygen atoms in total. The van der Waals surface area contributed by atoms with Crippen molar-refractivity contribution in [3.05, 3.63) is 58.8 Å². The molecule has 1 amide bonds. The van der Waals surface area contributed by atoms with Gasteiger partial charge >= 0.3 is 0 Å². The van der Waals surface area contributed by atoms with Gasteiger partial charge in [0.1, 0.15) is 5.01 Å². The van der Waals surface area contributed by atoms with Gasteiger partial charge in [-0.25, -0.2) is 15.0 Å². The molecule has 3 heterocycles. The molecule has 1 saturated heterocycles. The van der Waals surface area contributed by atoms with Crippen LogP contribution in [0, 0.1) is 0 Å². The number of likely N-dealkylation sites (tertiary alicyclic amines) is 1. The van der Waals surface area contributed by atoms with Crippen LogP contribution in [0.25, 0.3) is 11.1 Å². The molecule has 1 aliphatic heterocycles. The molecule has 2 N–H and O–H groups in total. The van der Waals surface area contributed by atoms with Crippen molar-refractivity contribution in [2.24, 2.45) is 0 Å². The van der Waals surface area contributed by atoms with E-state index in [1.165, 1.54) is 0 Å². The quantitative estimate of drug-likeness (QED) is 0.767. The number of amides is 1. The lowest BCUT2D eigenvalue weighted by atomic mass is 10.00. The first kappa shape index (κ1) is 16.7. The van der Waals surface area contributed by atoms with E-state index in [1.807, 2.05) is 34.5 Å². The Hall–Kier alpha value is -2.80. The Bertz CT molecular complexity index is 895. The molecule has 0 unspecified atom stereocenters. The number of hydrogen-bond donors (Lipinski definition) is 1. The Balaban J connectivity index is 1.63. The maximum atomic E-state index is 13.2. The molecular formula is C19H19N5OS. The van der Waals surface area contributed by atoms with Gasteiger partial charge in [-0.2, -0.15) is 0 Å². The number of thiazole rings is 1. The normalized spacial score (nSPS) is 17.2. The molecule has 3 aromatic rings. The van der Waals surface area contributed by atoms with E-state index in [0.717, 1.165) is 41.9 Å². The van der Waals surface area contributed by atoms with E-state index in [1.54, 1.807) is 29.9 Å². The zero-order valence-corrected chi connectivity index (χ0v) is 15.0. The molecular weight excluding hydrogens is 346 g/mol. The lowest BCUT2D eigenvalue weighted by molar-refractivity contribution is 0.0611. The lowest BCUT2D eigenvalue weighted by Crippen LogP contribution is -2.38. The Kier molecular flexibility index (Phi) is 4.62. The summed E-state index contributed by atoms with van der Waals surface area (Å²) in [5, 5.41) is 2.98. The van der Waals surface area contributed by atoms with Gasteiger partial charge in [-0.15, -0.1) is 11.3 Å². The molecule has 0 aliphatic carbocycles. The van der Waals surface area contributed by atoms with Gasteiger partial charge in [0, 0.05) is 41.6 Å². The minimum atomic E-state index is 0.0445. The number of hydrogen-bond acceptors (Lipinski definition) is 6. The molecule has 26 heavy (non-hydrogen) atoms. The summed E-state index contributed by atoms with van der Waals surface area (Å²) in [5.74, 6) is 0.281. The molecule has 1 aliphatic rings. The summed E-state index contributed by atoms with van der Waals surface area (Å²) in [6, 6.07) is 7.66. The van der Waals surface area contributed by atoms with Crippen molar-refractivity contribution in [1.82, 2.24) is 19.9 Å². The average molecular weight is 365 g/mol. The van der Waals surface area contributed by atoms with Crippen LogP contribution in [0.3, 0.4) is 0 Å². The second-order valence-corrected chi connectivity index (χ2v) is 7.22. The predicted octanol–water partition coefficient (Wildman–Crippen LogP) is 3.55. The fraction of sp³-hybridized carbons (Fsp3) is 0.263. The predicted molar refractivity (Wildman–Crippen MR) is 102 cm³/mol. The number of rotatable bonds is 3. The second-order valence-electron chi connectivity index (χ2n) is 6.29. The minimum Gasteiger partial charge on any atom is -0.368 e. The van der Waals surface area contributed by atoms with Crippen LogP contribution in [-0.2, 0) is 0 Å². The van der Waals surface area contributed by atoms with Crippen molar-refractivity contribution in [2.75, 3.05) is 12.3 Å². The molecule has 2 aromatic heterocycles. The van der Waals surface area contributed by atoms with Crippen LogP contribution in [0.15, 0.2) is 48.2 Å². The Morgan fingerprint density at radius 2 is 2.00 bits per heavy atom. The highest BCUT2D eigenvalue weighted by atomic mass is 32.1. The van der Waals surface area contributed by atoms with Crippen LogP contribution in [0.2, 0.25) is 0 Å². The van der Waals surface area contributed by atoms with Crippen molar-refractivity contribution in [1.29, 1.82) is 0 Å². The van der Waals surface area contributed by atoms with E-state index in [0.29, 0.717) is 5.56 Å². The molecule has 0 radical (unpaired) electrons. The van der Waals surface area contributed by atoms with Gasteiger partial charge in [-0.05, 0) is 37.0 Å². The van der Waals surface area contributed by atoms with Crippen LogP contribution in [-0.4, -0.2) is 32.3 Å². The monoisotopic (exact) mass is 365 g/mol. The topological polar surface area (TPSA) is 85.0 Å². The Labute approximate surface area is 155 Å². The number of nitrogen functional groups attached to an aromatic ring is 1. The number of nitrogens with two attached hydrogens (primary N) is 1. The third-order valence-corrected chi connectivity index (χ3v) is 5.49. The summed E-state index contributed by atoms with van der Waals surface area (Å²) in [6.45, 7) is 0.762. The molecule has 1 fully saturated rings. The van der Waals surface area contributed by atoms with Gasteiger partial charge in [0.2, 0.25) is 5.95 Å². The minimum absolute atomic E-state index is 0.0445. The summed E-state index contributed by atoms with van der Waals surface area (Å²) in [4.78, 5) is 27.6. The Morgan fingerprint density at radius 3 is 2.77 bits per heavy atom. The summed E-state index contributed by atoms with van der Waals surface area (Å²) in [7, 11) is 0. The number of carbonyl (C=O) groups excluding carboxylic acids is 1. The van der Waals surface area contributed by atoms with E-state index in [-0.39, 0.29) is 17.9 Å². The third kappa shape index (κ3) is 3.30. The molecule has 0 bridgehead atoms. The van der Waals surface area contributed by atoms with Crippen molar-refractivity contribution >= 4 is 23.2 Å². The fourth-order valence-electron chi connectivity index (χ4n) is 3.32. The van der Waals surface area contributed by atoms with E-state index >= 15 is 0 Å². The summed E-state index contributed by atoms with van der Waals surface area (Å²) < 4.78 is 0. The van der Waals surface area contributed by atoms with Crippen LogP contribution in [0.1, 0.15) is 40.7 Å². The highest BCUT2D eigenvalue weighted by Crippen LogP contribution is 2.33. The van der Waals surface area contributed by atoms with Crippen LogP contribution >= 0.6 is 11.3 Å². The van der Waals surface area contributed by atoms with Gasteiger partial charge in [0.15, 0.2) is 0 Å². The number of carbonyl (C=O) groups is 1. The molecule has 1 aromatic carbocycles. The largest absolute Gasteiger partial charge is 0.368 e. The second kappa shape index (κ2) is 7.21. The number of aromatic nitrogens is 3. The van der Waals surface area contributed by atoms with Gasteiger partial charge in [0.05, 0.1) is 6.04 Å². The molecule has 7 heteroatoms. The SMILES string of the molecule is Nc1ncc(-c2cccc(C(=O)N3CCCC[C@H]3c3nccs3)c2)cn1. The van der Waals surface area contributed by atoms with Gasteiger partial charge in [-0.3, -0.25) is 4.79 Å². The highest BCUT2D eigenvalue weighted by Gasteiger charge is 2.30. The first-order valence-corrected chi connectivity index (χ1v) is 9.48. The average Bonchev–Trinajstić information content (AvgIpc) is 3.23. The van der Waals surface area contributed by atoms with E-state index in [9.17, 15) is 4.79 Å². The Morgan fingerprint density at radius 1 is 1.15 bits per heavy atom. The van der Waals surface area contributed by atoms with Gasteiger partial charge in [-0.1, -0.05) is 12.1 Å². The zero-order valence-electron chi connectivity index (χ0n) is 14.2.